The first-order valence-corrected chi connectivity index (χ1v) is 10.4. The van der Waals surface area contributed by atoms with Gasteiger partial charge in [-0.3, -0.25) is 14.5 Å². The predicted molar refractivity (Wildman–Crippen MR) is 121 cm³/mol. The SMILES string of the molecule is CCOc1ccc(C2=C(N(C)c3ccccc3)C(=O)N(Cc3ccc(F)cc3)C2=O)cc1. The van der Waals surface area contributed by atoms with Gasteiger partial charge in [-0.25, -0.2) is 4.39 Å². The van der Waals surface area contributed by atoms with E-state index in [-0.39, 0.29) is 18.3 Å². The fourth-order valence-corrected chi connectivity index (χ4v) is 3.72. The first-order valence-electron chi connectivity index (χ1n) is 10.4. The van der Waals surface area contributed by atoms with Gasteiger partial charge in [0.05, 0.1) is 18.7 Å². The average Bonchev–Trinajstić information content (AvgIpc) is 3.06. The number of carbonyl (C=O) groups is 2. The molecule has 0 unspecified atom stereocenters. The molecule has 32 heavy (non-hydrogen) atoms. The summed E-state index contributed by atoms with van der Waals surface area (Å²) < 4.78 is 18.8. The topological polar surface area (TPSA) is 49.9 Å². The molecule has 2 amide bonds. The van der Waals surface area contributed by atoms with E-state index in [1.165, 1.54) is 17.0 Å². The highest BCUT2D eigenvalue weighted by Gasteiger charge is 2.41. The van der Waals surface area contributed by atoms with E-state index in [2.05, 4.69) is 0 Å². The third kappa shape index (κ3) is 4.12. The van der Waals surface area contributed by atoms with Gasteiger partial charge in [0, 0.05) is 12.7 Å². The molecule has 3 aromatic carbocycles. The minimum Gasteiger partial charge on any atom is -0.494 e. The molecular formula is C26H23FN2O3. The highest BCUT2D eigenvalue weighted by atomic mass is 19.1. The Morgan fingerprint density at radius 3 is 2.16 bits per heavy atom. The summed E-state index contributed by atoms with van der Waals surface area (Å²) in [5, 5.41) is 0. The molecule has 3 aromatic rings. The number of ether oxygens (including phenoxy) is 1. The van der Waals surface area contributed by atoms with Crippen LogP contribution in [-0.4, -0.2) is 30.4 Å². The van der Waals surface area contributed by atoms with Crippen LogP contribution < -0.4 is 9.64 Å². The first-order chi connectivity index (χ1) is 15.5. The fourth-order valence-electron chi connectivity index (χ4n) is 3.72. The number of imide groups is 1. The van der Waals surface area contributed by atoms with Crippen LogP contribution in [0.3, 0.4) is 0 Å². The van der Waals surface area contributed by atoms with E-state index < -0.39 is 5.91 Å². The molecule has 0 saturated carbocycles. The Balaban J connectivity index is 1.75. The molecule has 0 bridgehead atoms. The van der Waals surface area contributed by atoms with Crippen molar-refractivity contribution >= 4 is 23.1 Å². The van der Waals surface area contributed by atoms with Gasteiger partial charge in [0.2, 0.25) is 0 Å². The smallest absolute Gasteiger partial charge is 0.278 e. The number of carbonyl (C=O) groups excluding carboxylic acids is 2. The van der Waals surface area contributed by atoms with E-state index in [0.717, 1.165) is 5.69 Å². The van der Waals surface area contributed by atoms with Gasteiger partial charge in [0.1, 0.15) is 17.3 Å². The number of benzene rings is 3. The lowest BCUT2D eigenvalue weighted by molar-refractivity contribution is -0.137. The lowest BCUT2D eigenvalue weighted by atomic mass is 10.0. The van der Waals surface area contributed by atoms with Gasteiger partial charge >= 0.3 is 0 Å². The third-order valence-electron chi connectivity index (χ3n) is 5.33. The number of hydrogen-bond donors (Lipinski definition) is 0. The standard InChI is InChI=1S/C26H23FN2O3/c1-3-32-22-15-11-19(12-16-22)23-24(28(2)21-7-5-4-6-8-21)26(31)29(25(23)30)17-18-9-13-20(27)14-10-18/h4-16H,3,17H2,1-2H3. The van der Waals surface area contributed by atoms with E-state index in [0.29, 0.717) is 34.8 Å². The Morgan fingerprint density at radius 1 is 0.875 bits per heavy atom. The summed E-state index contributed by atoms with van der Waals surface area (Å²) in [6.07, 6.45) is 0. The van der Waals surface area contributed by atoms with Crippen molar-refractivity contribution in [3.05, 3.63) is 102 Å². The molecule has 1 aliphatic heterocycles. The lowest BCUT2D eigenvalue weighted by Gasteiger charge is -2.21. The molecule has 0 saturated heterocycles. The minimum absolute atomic E-state index is 0.0601. The fraction of sp³-hybridized carbons (Fsp3) is 0.154. The van der Waals surface area contributed by atoms with Crippen LogP contribution in [0.5, 0.6) is 5.75 Å². The zero-order chi connectivity index (χ0) is 22.7. The number of anilines is 1. The van der Waals surface area contributed by atoms with Crippen LogP contribution in [0.2, 0.25) is 0 Å². The molecule has 0 spiro atoms. The van der Waals surface area contributed by atoms with E-state index in [9.17, 15) is 14.0 Å². The van der Waals surface area contributed by atoms with E-state index in [4.69, 9.17) is 4.74 Å². The Hall–Kier alpha value is -3.93. The Bertz CT molecular complexity index is 1160. The van der Waals surface area contributed by atoms with Crippen LogP contribution in [-0.2, 0) is 16.1 Å². The number of rotatable bonds is 7. The second-order valence-corrected chi connectivity index (χ2v) is 7.40. The third-order valence-corrected chi connectivity index (χ3v) is 5.33. The van der Waals surface area contributed by atoms with Crippen LogP contribution in [0.15, 0.2) is 84.6 Å². The van der Waals surface area contributed by atoms with Crippen LogP contribution >= 0.6 is 0 Å². The highest BCUT2D eigenvalue weighted by Crippen LogP contribution is 2.34. The van der Waals surface area contributed by atoms with Gasteiger partial charge < -0.3 is 9.64 Å². The molecule has 1 aliphatic rings. The van der Waals surface area contributed by atoms with Gasteiger partial charge in [-0.15, -0.1) is 0 Å². The summed E-state index contributed by atoms with van der Waals surface area (Å²) in [6, 6.07) is 22.3. The molecule has 0 aromatic heterocycles. The largest absolute Gasteiger partial charge is 0.494 e. The highest BCUT2D eigenvalue weighted by molar-refractivity contribution is 6.36. The number of para-hydroxylation sites is 1. The summed E-state index contributed by atoms with van der Waals surface area (Å²) >= 11 is 0. The van der Waals surface area contributed by atoms with Crippen LogP contribution in [0.1, 0.15) is 18.1 Å². The molecular weight excluding hydrogens is 407 g/mol. The van der Waals surface area contributed by atoms with Gasteiger partial charge in [-0.05, 0) is 54.4 Å². The lowest BCUT2D eigenvalue weighted by Crippen LogP contribution is -2.33. The summed E-state index contributed by atoms with van der Waals surface area (Å²) in [5.41, 5.74) is 2.71. The summed E-state index contributed by atoms with van der Waals surface area (Å²) in [6.45, 7) is 2.49. The molecule has 0 fully saturated rings. The van der Waals surface area contributed by atoms with Crippen LogP contribution in [0, 0.1) is 5.82 Å². The Morgan fingerprint density at radius 2 is 1.53 bits per heavy atom. The van der Waals surface area contributed by atoms with Crippen molar-refractivity contribution in [1.29, 1.82) is 0 Å². The number of hydrogen-bond acceptors (Lipinski definition) is 4. The quantitative estimate of drug-likeness (QED) is 0.513. The molecule has 0 N–H and O–H groups in total. The van der Waals surface area contributed by atoms with Crippen molar-refractivity contribution in [3.63, 3.8) is 0 Å². The molecule has 0 aliphatic carbocycles. The van der Waals surface area contributed by atoms with Crippen molar-refractivity contribution in [2.45, 2.75) is 13.5 Å². The second kappa shape index (κ2) is 9.06. The maximum atomic E-state index is 13.5. The number of halogens is 1. The molecule has 4 rings (SSSR count). The van der Waals surface area contributed by atoms with Crippen molar-refractivity contribution < 1.29 is 18.7 Å². The molecule has 0 atom stereocenters. The van der Waals surface area contributed by atoms with Crippen LogP contribution in [0.25, 0.3) is 5.57 Å². The zero-order valence-electron chi connectivity index (χ0n) is 17.9. The normalized spacial score (nSPS) is 13.7. The molecule has 5 nitrogen and oxygen atoms in total. The number of likely N-dealkylation sites (N-methyl/N-ethyl adjacent to an activating group) is 1. The zero-order valence-corrected chi connectivity index (χ0v) is 17.9. The monoisotopic (exact) mass is 430 g/mol. The molecule has 6 heteroatoms. The molecule has 1 heterocycles. The summed E-state index contributed by atoms with van der Waals surface area (Å²) in [7, 11) is 1.77. The van der Waals surface area contributed by atoms with Gasteiger partial charge in [-0.1, -0.05) is 42.5 Å². The Kier molecular flexibility index (Phi) is 6.03. The van der Waals surface area contributed by atoms with Crippen molar-refractivity contribution in [2.24, 2.45) is 0 Å². The van der Waals surface area contributed by atoms with E-state index >= 15 is 0 Å². The van der Waals surface area contributed by atoms with Gasteiger partial charge in [-0.2, -0.15) is 0 Å². The molecule has 162 valence electrons. The van der Waals surface area contributed by atoms with E-state index in [1.807, 2.05) is 37.3 Å². The van der Waals surface area contributed by atoms with Gasteiger partial charge in [0.15, 0.2) is 0 Å². The van der Waals surface area contributed by atoms with Gasteiger partial charge in [0.25, 0.3) is 11.8 Å². The van der Waals surface area contributed by atoms with Crippen molar-refractivity contribution in [3.8, 4) is 5.75 Å². The van der Waals surface area contributed by atoms with E-state index in [1.54, 1.807) is 48.3 Å². The summed E-state index contributed by atoms with van der Waals surface area (Å²) in [4.78, 5) is 29.9. The second-order valence-electron chi connectivity index (χ2n) is 7.40. The number of amides is 2. The first kappa shape index (κ1) is 21.3. The van der Waals surface area contributed by atoms with Crippen molar-refractivity contribution in [1.82, 2.24) is 4.90 Å². The minimum atomic E-state index is -0.394. The molecule has 0 radical (unpaired) electrons. The predicted octanol–water partition coefficient (Wildman–Crippen LogP) is 4.64. The Labute approximate surface area is 186 Å². The van der Waals surface area contributed by atoms with Crippen molar-refractivity contribution in [2.75, 3.05) is 18.6 Å². The maximum Gasteiger partial charge on any atom is 0.278 e. The maximum absolute atomic E-state index is 13.5. The van der Waals surface area contributed by atoms with Crippen LogP contribution in [0.4, 0.5) is 10.1 Å². The average molecular weight is 430 g/mol. The summed E-state index contributed by atoms with van der Waals surface area (Å²) in [5.74, 6) is -0.462. The number of nitrogens with zero attached hydrogens (tertiary/aromatic N) is 2.